The molecule has 1 atom stereocenters. The van der Waals surface area contributed by atoms with Gasteiger partial charge in [-0.1, -0.05) is 36.4 Å². The summed E-state index contributed by atoms with van der Waals surface area (Å²) in [6.07, 6.45) is 9.85. The van der Waals surface area contributed by atoms with Gasteiger partial charge in [0.2, 0.25) is 12.1 Å². The number of aliphatic imine (C=N–C) groups is 1. The topological polar surface area (TPSA) is 55.7 Å². The van der Waals surface area contributed by atoms with Crippen molar-refractivity contribution < 1.29 is 14.3 Å². The average Bonchev–Trinajstić information content (AvgIpc) is 2.57. The Morgan fingerprint density at radius 3 is 2.74 bits per heavy atom. The van der Waals surface area contributed by atoms with Crippen molar-refractivity contribution in [2.45, 2.75) is 19.4 Å². The van der Waals surface area contributed by atoms with Crippen molar-refractivity contribution in [3.8, 4) is 5.75 Å². The van der Waals surface area contributed by atoms with Gasteiger partial charge in [0.25, 0.3) is 0 Å². The van der Waals surface area contributed by atoms with Gasteiger partial charge in [-0.2, -0.15) is 0 Å². The van der Waals surface area contributed by atoms with Crippen LogP contribution in [-0.4, -0.2) is 30.4 Å². The van der Waals surface area contributed by atoms with E-state index in [0.717, 1.165) is 11.1 Å². The number of ketones is 1. The first-order chi connectivity index (χ1) is 11.2. The number of carbonyl (C=O) groups is 1. The number of dihydropyridines is 1. The maximum atomic E-state index is 12.4. The molecule has 0 N–H and O–H groups in total. The molecule has 0 bridgehead atoms. The molecule has 1 aromatic carbocycles. The molecule has 0 aromatic heterocycles. The summed E-state index contributed by atoms with van der Waals surface area (Å²) in [5, 5.41) is 0. The monoisotopic (exact) mass is 306 g/mol. The molecule has 1 heterocycles. The Balaban J connectivity index is 1.77. The molecule has 0 saturated heterocycles. The van der Waals surface area contributed by atoms with E-state index in [2.05, 4.69) is 4.99 Å². The van der Waals surface area contributed by atoms with Gasteiger partial charge >= 0.3 is 0 Å². The van der Waals surface area contributed by atoms with Crippen LogP contribution in [0.2, 0.25) is 0 Å². The Labute approximate surface area is 134 Å². The van der Waals surface area contributed by atoms with Gasteiger partial charge in [-0.3, -0.25) is 14.6 Å². The van der Waals surface area contributed by atoms with Crippen LogP contribution >= 0.6 is 0 Å². The molecule has 1 aromatic rings. The van der Waals surface area contributed by atoms with E-state index in [9.17, 15) is 9.59 Å². The van der Waals surface area contributed by atoms with Gasteiger partial charge in [-0.15, -0.1) is 0 Å². The van der Waals surface area contributed by atoms with Crippen molar-refractivity contribution in [2.24, 2.45) is 4.99 Å². The van der Waals surface area contributed by atoms with Gasteiger partial charge in [0.15, 0.2) is 0 Å². The first-order valence-electron chi connectivity index (χ1n) is 7.43. The number of nitrogens with zero attached hydrogens (tertiary/aromatic N) is 1. The highest BCUT2D eigenvalue weighted by Gasteiger charge is 2.27. The zero-order valence-corrected chi connectivity index (χ0v) is 12.8. The lowest BCUT2D eigenvalue weighted by molar-refractivity contribution is -0.110. The molecule has 115 valence electrons. The zero-order valence-electron chi connectivity index (χ0n) is 12.8. The number of Topliss-reactive ketones (excluding diaryl/α,β-unsaturated/α-hetero) is 1. The fourth-order valence-electron chi connectivity index (χ4n) is 2.63. The van der Waals surface area contributed by atoms with E-state index in [1.165, 1.54) is 0 Å². The van der Waals surface area contributed by atoms with Gasteiger partial charge in [0, 0.05) is 12.0 Å². The largest absolute Gasteiger partial charge is 0.489 e. The third kappa shape index (κ3) is 3.21. The normalized spacial score (nSPS) is 19.4. The van der Waals surface area contributed by atoms with Crippen LogP contribution in [0, 0.1) is 0 Å². The highest BCUT2D eigenvalue weighted by atomic mass is 16.5. The summed E-state index contributed by atoms with van der Waals surface area (Å²) in [6, 6.07) is 7.13. The van der Waals surface area contributed by atoms with E-state index in [1.807, 2.05) is 42.7 Å². The molecule has 4 heteroatoms. The first kappa shape index (κ1) is 15.2. The second kappa shape index (κ2) is 6.57. The first-order valence-corrected chi connectivity index (χ1v) is 7.43. The van der Waals surface area contributed by atoms with Crippen molar-refractivity contribution in [2.75, 3.05) is 6.61 Å². The average molecular weight is 306 g/mol. The van der Waals surface area contributed by atoms with Crippen LogP contribution < -0.4 is 4.74 Å². The molecule has 2 aliphatic rings. The molecule has 0 saturated carbocycles. The second-order valence-electron chi connectivity index (χ2n) is 5.42. The fraction of sp³-hybridized carbons (Fsp3) is 0.211. The van der Waals surface area contributed by atoms with Crippen molar-refractivity contribution in [3.63, 3.8) is 0 Å². The summed E-state index contributed by atoms with van der Waals surface area (Å²) in [6.45, 7) is 1.94. The third-order valence-electron chi connectivity index (χ3n) is 3.87. The predicted molar refractivity (Wildman–Crippen MR) is 88.5 cm³/mol. The SMILES string of the molecule is CC1=NC2C=CC=CC2=C(COc2ccc(C[C]=O)cc2)C1=O. The summed E-state index contributed by atoms with van der Waals surface area (Å²) in [4.78, 5) is 27.1. The Morgan fingerprint density at radius 1 is 1.22 bits per heavy atom. The number of carbonyl (C=O) groups excluding carboxylic acids is 2. The van der Waals surface area contributed by atoms with Gasteiger partial charge in [0.1, 0.15) is 12.4 Å². The van der Waals surface area contributed by atoms with Gasteiger partial charge < -0.3 is 4.74 Å². The lowest BCUT2D eigenvalue weighted by Gasteiger charge is -2.23. The quantitative estimate of drug-likeness (QED) is 0.840. The van der Waals surface area contributed by atoms with Crippen molar-refractivity contribution in [1.82, 2.24) is 0 Å². The molecule has 0 amide bonds. The second-order valence-corrected chi connectivity index (χ2v) is 5.42. The fourth-order valence-corrected chi connectivity index (χ4v) is 2.63. The van der Waals surface area contributed by atoms with Crippen LogP contribution in [0.5, 0.6) is 5.75 Å². The summed E-state index contributed by atoms with van der Waals surface area (Å²) >= 11 is 0. The zero-order chi connectivity index (χ0) is 16.2. The summed E-state index contributed by atoms with van der Waals surface area (Å²) in [5.41, 5.74) is 2.93. The van der Waals surface area contributed by atoms with Gasteiger partial charge in [-0.05, 0) is 30.2 Å². The Hall–Kier alpha value is -2.75. The molecule has 1 radical (unpaired) electrons. The lowest BCUT2D eigenvalue weighted by Crippen LogP contribution is -2.29. The van der Waals surface area contributed by atoms with Gasteiger partial charge in [0.05, 0.1) is 11.8 Å². The third-order valence-corrected chi connectivity index (χ3v) is 3.87. The van der Waals surface area contributed by atoms with E-state index in [1.54, 1.807) is 19.1 Å². The highest BCUT2D eigenvalue weighted by molar-refractivity contribution is 6.46. The van der Waals surface area contributed by atoms with Crippen LogP contribution in [-0.2, 0) is 16.0 Å². The highest BCUT2D eigenvalue weighted by Crippen LogP contribution is 2.25. The minimum Gasteiger partial charge on any atom is -0.489 e. The minimum atomic E-state index is -0.0956. The van der Waals surface area contributed by atoms with E-state index < -0.39 is 0 Å². The number of hydrogen-bond acceptors (Lipinski definition) is 4. The number of fused-ring (bicyclic) bond motifs is 1. The maximum absolute atomic E-state index is 12.4. The van der Waals surface area contributed by atoms with Crippen molar-refractivity contribution in [1.29, 1.82) is 0 Å². The molecule has 0 fully saturated rings. The smallest absolute Gasteiger partial charge is 0.206 e. The van der Waals surface area contributed by atoms with Crippen molar-refractivity contribution in [3.05, 3.63) is 65.3 Å². The molecule has 0 spiro atoms. The lowest BCUT2D eigenvalue weighted by atomic mass is 9.90. The molecule has 1 aliphatic carbocycles. The van der Waals surface area contributed by atoms with Gasteiger partial charge in [-0.25, -0.2) is 0 Å². The van der Waals surface area contributed by atoms with Crippen LogP contribution in [0.15, 0.2) is 64.7 Å². The molecular formula is C19H16NO3. The standard InChI is InChI=1S/C19H16NO3/c1-13-19(22)17(16-4-2-3-5-18(16)20-13)12-23-15-8-6-14(7-9-15)10-11-21/h2-9,18H,10,12H2,1H3. The number of hydrogen-bond donors (Lipinski definition) is 0. The Kier molecular flexibility index (Phi) is 4.33. The molecule has 3 rings (SSSR count). The van der Waals surface area contributed by atoms with E-state index in [0.29, 0.717) is 17.0 Å². The Morgan fingerprint density at radius 2 is 2.00 bits per heavy atom. The predicted octanol–water partition coefficient (Wildman–Crippen LogP) is 2.55. The molecule has 1 aliphatic heterocycles. The molecule has 4 nitrogen and oxygen atoms in total. The number of benzene rings is 1. The summed E-state index contributed by atoms with van der Waals surface area (Å²) < 4.78 is 5.76. The maximum Gasteiger partial charge on any atom is 0.206 e. The van der Waals surface area contributed by atoms with Crippen LogP contribution in [0.25, 0.3) is 0 Å². The van der Waals surface area contributed by atoms with Crippen LogP contribution in [0.1, 0.15) is 12.5 Å². The summed E-state index contributed by atoms with van der Waals surface area (Å²) in [5.74, 6) is 0.593. The van der Waals surface area contributed by atoms with Crippen molar-refractivity contribution >= 4 is 17.8 Å². The minimum absolute atomic E-state index is 0.0663. The Bertz CT molecular complexity index is 751. The molecule has 23 heavy (non-hydrogen) atoms. The number of ether oxygens (including phenoxy) is 1. The molecular weight excluding hydrogens is 290 g/mol. The van der Waals surface area contributed by atoms with E-state index in [-0.39, 0.29) is 24.9 Å². The summed E-state index contributed by atoms with van der Waals surface area (Å²) in [7, 11) is 0. The van der Waals surface area contributed by atoms with E-state index >= 15 is 0 Å². The number of allylic oxidation sites excluding steroid dienone is 2. The van der Waals surface area contributed by atoms with Crippen LogP contribution in [0.4, 0.5) is 0 Å². The number of rotatable bonds is 5. The molecule has 1 unspecified atom stereocenters. The van der Waals surface area contributed by atoms with Crippen LogP contribution in [0.3, 0.4) is 0 Å². The van der Waals surface area contributed by atoms with E-state index in [4.69, 9.17) is 4.74 Å².